The molecule has 1 saturated heterocycles. The Morgan fingerprint density at radius 3 is 2.44 bits per heavy atom. The Kier molecular flexibility index (Phi) is 5.33. The third kappa shape index (κ3) is 4.38. The first kappa shape index (κ1) is 17.0. The average molecular weight is 338 g/mol. The highest BCUT2D eigenvalue weighted by atomic mass is 16.5. The monoisotopic (exact) mass is 338 g/mol. The fourth-order valence-corrected chi connectivity index (χ4v) is 3.20. The van der Waals surface area contributed by atoms with Gasteiger partial charge in [-0.25, -0.2) is 0 Å². The highest BCUT2D eigenvalue weighted by molar-refractivity contribution is 5.94. The summed E-state index contributed by atoms with van der Waals surface area (Å²) in [4.78, 5) is 25.4. The van der Waals surface area contributed by atoms with Gasteiger partial charge in [-0.15, -0.1) is 0 Å². The summed E-state index contributed by atoms with van der Waals surface area (Å²) in [6.07, 6.45) is 1.93. The maximum absolute atomic E-state index is 12.7. The molecule has 0 bridgehead atoms. The van der Waals surface area contributed by atoms with Gasteiger partial charge in [-0.2, -0.15) is 0 Å². The Balaban J connectivity index is 1.61. The molecule has 2 aromatic carbocycles. The number of piperidine rings is 1. The van der Waals surface area contributed by atoms with Crippen molar-refractivity contribution in [3.63, 3.8) is 0 Å². The number of rotatable bonds is 5. The summed E-state index contributed by atoms with van der Waals surface area (Å²) in [5.74, 6) is 0.440. The summed E-state index contributed by atoms with van der Waals surface area (Å²) in [6.45, 7) is 1.29. The molecule has 2 N–H and O–H groups in total. The average Bonchev–Trinajstić information content (AvgIpc) is 2.67. The zero-order valence-corrected chi connectivity index (χ0v) is 14.1. The summed E-state index contributed by atoms with van der Waals surface area (Å²) in [5, 5.41) is 0. The minimum atomic E-state index is -0.542. The number of ether oxygens (including phenoxy) is 1. The minimum absolute atomic E-state index is 0.00367. The SMILES string of the molecule is NC(=O)COc1cccc(C(=O)N2CCC(c3ccccc3)CC2)c1. The van der Waals surface area contributed by atoms with E-state index in [2.05, 4.69) is 24.3 Å². The van der Waals surface area contributed by atoms with Gasteiger partial charge in [0.15, 0.2) is 6.61 Å². The largest absolute Gasteiger partial charge is 0.484 e. The zero-order chi connectivity index (χ0) is 17.6. The molecule has 0 saturated carbocycles. The van der Waals surface area contributed by atoms with Gasteiger partial charge in [0, 0.05) is 18.7 Å². The number of carbonyl (C=O) groups is 2. The lowest BCUT2D eigenvalue weighted by molar-refractivity contribution is -0.119. The van der Waals surface area contributed by atoms with E-state index in [4.69, 9.17) is 10.5 Å². The van der Waals surface area contributed by atoms with Crippen molar-refractivity contribution >= 4 is 11.8 Å². The first-order chi connectivity index (χ1) is 12.1. The Morgan fingerprint density at radius 2 is 1.76 bits per heavy atom. The van der Waals surface area contributed by atoms with Crippen LogP contribution in [0.25, 0.3) is 0 Å². The van der Waals surface area contributed by atoms with Crippen molar-refractivity contribution in [1.29, 1.82) is 0 Å². The van der Waals surface area contributed by atoms with Gasteiger partial charge in [0.05, 0.1) is 0 Å². The molecule has 5 heteroatoms. The summed E-state index contributed by atoms with van der Waals surface area (Å²) in [7, 11) is 0. The number of carbonyl (C=O) groups excluding carboxylic acids is 2. The van der Waals surface area contributed by atoms with Gasteiger partial charge < -0.3 is 15.4 Å². The van der Waals surface area contributed by atoms with E-state index in [1.807, 2.05) is 11.0 Å². The third-order valence-electron chi connectivity index (χ3n) is 4.52. The predicted molar refractivity (Wildman–Crippen MR) is 95.5 cm³/mol. The van der Waals surface area contributed by atoms with Crippen molar-refractivity contribution in [3.8, 4) is 5.75 Å². The van der Waals surface area contributed by atoms with Crippen LogP contribution in [0, 0.1) is 0 Å². The van der Waals surface area contributed by atoms with Crippen molar-refractivity contribution in [2.45, 2.75) is 18.8 Å². The molecular formula is C20H22N2O3. The van der Waals surface area contributed by atoms with Crippen LogP contribution in [0.5, 0.6) is 5.75 Å². The predicted octanol–water partition coefficient (Wildman–Crippen LogP) is 2.57. The van der Waals surface area contributed by atoms with Gasteiger partial charge in [0.1, 0.15) is 5.75 Å². The second kappa shape index (κ2) is 7.83. The molecule has 0 aliphatic carbocycles. The van der Waals surface area contributed by atoms with Gasteiger partial charge in [-0.1, -0.05) is 36.4 Å². The molecule has 0 unspecified atom stereocenters. The van der Waals surface area contributed by atoms with Crippen molar-refractivity contribution in [3.05, 3.63) is 65.7 Å². The Bertz CT molecular complexity index is 738. The zero-order valence-electron chi connectivity index (χ0n) is 14.1. The highest BCUT2D eigenvalue weighted by Crippen LogP contribution is 2.28. The summed E-state index contributed by atoms with van der Waals surface area (Å²) < 4.78 is 5.28. The van der Waals surface area contributed by atoms with Crippen LogP contribution in [0.15, 0.2) is 54.6 Å². The molecule has 1 heterocycles. The Labute approximate surface area is 147 Å². The van der Waals surface area contributed by atoms with Crippen LogP contribution in [0.3, 0.4) is 0 Å². The van der Waals surface area contributed by atoms with Crippen LogP contribution >= 0.6 is 0 Å². The minimum Gasteiger partial charge on any atom is -0.484 e. The molecule has 0 aromatic heterocycles. The molecule has 130 valence electrons. The number of amides is 2. The summed E-state index contributed by atoms with van der Waals surface area (Å²) in [5.41, 5.74) is 6.99. The van der Waals surface area contributed by atoms with E-state index < -0.39 is 5.91 Å². The number of primary amides is 1. The molecule has 1 aliphatic heterocycles. The number of hydrogen-bond donors (Lipinski definition) is 1. The first-order valence-corrected chi connectivity index (χ1v) is 8.49. The molecule has 25 heavy (non-hydrogen) atoms. The van der Waals surface area contributed by atoms with Crippen molar-refractivity contribution in [2.24, 2.45) is 5.73 Å². The lowest BCUT2D eigenvalue weighted by Crippen LogP contribution is -2.37. The smallest absolute Gasteiger partial charge is 0.255 e. The van der Waals surface area contributed by atoms with E-state index in [0.29, 0.717) is 17.2 Å². The van der Waals surface area contributed by atoms with Crippen LogP contribution in [0.1, 0.15) is 34.7 Å². The summed E-state index contributed by atoms with van der Waals surface area (Å²) in [6, 6.07) is 17.3. The van der Waals surface area contributed by atoms with Gasteiger partial charge in [0.2, 0.25) is 0 Å². The lowest BCUT2D eigenvalue weighted by atomic mass is 9.89. The van der Waals surface area contributed by atoms with Crippen molar-refractivity contribution in [1.82, 2.24) is 4.90 Å². The standard InChI is InChI=1S/C20H22N2O3/c21-19(23)14-25-18-8-4-7-17(13-18)20(24)22-11-9-16(10-12-22)15-5-2-1-3-6-15/h1-8,13,16H,9-12,14H2,(H2,21,23). The van der Waals surface area contributed by atoms with E-state index in [1.165, 1.54) is 5.56 Å². The normalized spacial score (nSPS) is 15.0. The molecule has 2 amide bonds. The Morgan fingerprint density at radius 1 is 1.04 bits per heavy atom. The molecule has 0 atom stereocenters. The van der Waals surface area contributed by atoms with Crippen LogP contribution in [-0.2, 0) is 4.79 Å². The molecule has 1 fully saturated rings. The third-order valence-corrected chi connectivity index (χ3v) is 4.52. The number of benzene rings is 2. The second-order valence-corrected chi connectivity index (χ2v) is 6.26. The van der Waals surface area contributed by atoms with E-state index in [1.54, 1.807) is 24.3 Å². The van der Waals surface area contributed by atoms with Crippen LogP contribution in [0.2, 0.25) is 0 Å². The van der Waals surface area contributed by atoms with Crippen molar-refractivity contribution in [2.75, 3.05) is 19.7 Å². The van der Waals surface area contributed by atoms with E-state index in [9.17, 15) is 9.59 Å². The van der Waals surface area contributed by atoms with Crippen LogP contribution < -0.4 is 10.5 Å². The van der Waals surface area contributed by atoms with Crippen LogP contribution in [-0.4, -0.2) is 36.4 Å². The molecule has 1 aliphatic rings. The first-order valence-electron chi connectivity index (χ1n) is 8.49. The Hall–Kier alpha value is -2.82. The molecular weight excluding hydrogens is 316 g/mol. The quantitative estimate of drug-likeness (QED) is 0.911. The highest BCUT2D eigenvalue weighted by Gasteiger charge is 2.24. The molecule has 0 radical (unpaired) electrons. The van der Waals surface area contributed by atoms with Crippen LogP contribution in [0.4, 0.5) is 0 Å². The summed E-state index contributed by atoms with van der Waals surface area (Å²) >= 11 is 0. The van der Waals surface area contributed by atoms with Gasteiger partial charge in [-0.3, -0.25) is 9.59 Å². The van der Waals surface area contributed by atoms with Crippen molar-refractivity contribution < 1.29 is 14.3 Å². The van der Waals surface area contributed by atoms with Gasteiger partial charge >= 0.3 is 0 Å². The molecule has 3 rings (SSSR count). The molecule has 2 aromatic rings. The number of nitrogens with two attached hydrogens (primary N) is 1. The lowest BCUT2D eigenvalue weighted by Gasteiger charge is -2.32. The number of nitrogens with zero attached hydrogens (tertiary/aromatic N) is 1. The maximum Gasteiger partial charge on any atom is 0.255 e. The molecule has 5 nitrogen and oxygen atoms in total. The molecule has 0 spiro atoms. The van der Waals surface area contributed by atoms with E-state index in [-0.39, 0.29) is 12.5 Å². The topological polar surface area (TPSA) is 72.6 Å². The van der Waals surface area contributed by atoms with Gasteiger partial charge in [0.25, 0.3) is 11.8 Å². The number of likely N-dealkylation sites (tertiary alicyclic amines) is 1. The maximum atomic E-state index is 12.7. The van der Waals surface area contributed by atoms with E-state index in [0.717, 1.165) is 25.9 Å². The fourth-order valence-electron chi connectivity index (χ4n) is 3.20. The number of hydrogen-bond acceptors (Lipinski definition) is 3. The van der Waals surface area contributed by atoms with Gasteiger partial charge in [-0.05, 0) is 42.5 Å². The second-order valence-electron chi connectivity index (χ2n) is 6.26. The van der Waals surface area contributed by atoms with E-state index >= 15 is 0 Å². The fraction of sp³-hybridized carbons (Fsp3) is 0.300.